The average Bonchev–Trinajstić information content (AvgIpc) is 3.66. The van der Waals surface area contributed by atoms with Gasteiger partial charge in [0.05, 0.1) is 11.0 Å². The molecule has 1 nitrogen and oxygen atoms in total. The van der Waals surface area contributed by atoms with E-state index in [9.17, 15) is 0 Å². The van der Waals surface area contributed by atoms with Crippen LogP contribution in [0.2, 0.25) is 0 Å². The number of hydrogen-bond acceptors (Lipinski definition) is 0. The third-order valence-electron chi connectivity index (χ3n) is 12.1. The third kappa shape index (κ3) is 6.38. The van der Waals surface area contributed by atoms with Crippen molar-refractivity contribution in [3.8, 4) is 50.2 Å². The molecular weight excluding hydrogens is 723 g/mol. The highest BCUT2D eigenvalue weighted by molar-refractivity contribution is 6.21. The van der Waals surface area contributed by atoms with Crippen molar-refractivity contribution in [2.45, 2.75) is 5.92 Å². The molecule has 0 aliphatic heterocycles. The number of rotatable bonds is 8. The summed E-state index contributed by atoms with van der Waals surface area (Å²) >= 11 is 0. The topological polar surface area (TPSA) is 4.93 Å². The summed E-state index contributed by atoms with van der Waals surface area (Å²) in [6.45, 7) is 0. The van der Waals surface area contributed by atoms with Crippen LogP contribution in [0.4, 0.5) is 0 Å². The first-order valence-corrected chi connectivity index (χ1v) is 20.8. The highest BCUT2D eigenvalue weighted by Crippen LogP contribution is 2.44. The zero-order chi connectivity index (χ0) is 39.8. The fourth-order valence-corrected chi connectivity index (χ4v) is 9.20. The minimum atomic E-state index is 0.0504. The van der Waals surface area contributed by atoms with Crippen molar-refractivity contribution >= 4 is 32.6 Å². The van der Waals surface area contributed by atoms with Crippen LogP contribution in [0.15, 0.2) is 243 Å². The summed E-state index contributed by atoms with van der Waals surface area (Å²) in [5.74, 6) is 0.0504. The molecule has 11 aromatic rings. The lowest BCUT2D eigenvalue weighted by Crippen LogP contribution is -2.04. The fraction of sp³-hybridized carbons (Fsp3) is 0.0169. The first kappa shape index (κ1) is 35.4. The third-order valence-corrected chi connectivity index (χ3v) is 12.1. The molecule has 1 heterocycles. The summed E-state index contributed by atoms with van der Waals surface area (Å²) in [4.78, 5) is 0. The van der Waals surface area contributed by atoms with Crippen LogP contribution in [0.3, 0.4) is 0 Å². The number of aromatic nitrogens is 1. The lowest BCUT2D eigenvalue weighted by atomic mass is 9.84. The van der Waals surface area contributed by atoms with Gasteiger partial charge in [-0.1, -0.05) is 218 Å². The van der Waals surface area contributed by atoms with Crippen LogP contribution >= 0.6 is 0 Å². The van der Waals surface area contributed by atoms with Crippen LogP contribution in [0.1, 0.15) is 22.6 Å². The Morgan fingerprint density at radius 2 is 0.667 bits per heavy atom. The Balaban J connectivity index is 1.06. The highest BCUT2D eigenvalue weighted by atomic mass is 15.0. The number of benzene rings is 10. The van der Waals surface area contributed by atoms with E-state index in [4.69, 9.17) is 0 Å². The number of nitrogens with zero attached hydrogens (tertiary/aromatic N) is 1. The Labute approximate surface area is 351 Å². The zero-order valence-electron chi connectivity index (χ0n) is 33.1. The summed E-state index contributed by atoms with van der Waals surface area (Å²) < 4.78 is 2.49. The van der Waals surface area contributed by atoms with Gasteiger partial charge < -0.3 is 4.57 Å². The van der Waals surface area contributed by atoms with E-state index in [-0.39, 0.29) is 5.92 Å². The van der Waals surface area contributed by atoms with Gasteiger partial charge in [-0.3, -0.25) is 0 Å². The minimum absolute atomic E-state index is 0.0504. The number of hydrogen-bond donors (Lipinski definition) is 0. The molecular formula is C59H41N. The van der Waals surface area contributed by atoms with E-state index in [1.54, 1.807) is 0 Å². The van der Waals surface area contributed by atoms with Gasteiger partial charge in [0.1, 0.15) is 0 Å². The maximum absolute atomic E-state index is 2.49. The van der Waals surface area contributed by atoms with E-state index in [0.717, 1.165) is 5.69 Å². The summed E-state index contributed by atoms with van der Waals surface area (Å²) in [6.07, 6.45) is 0. The Kier molecular flexibility index (Phi) is 8.98. The molecule has 10 aromatic carbocycles. The summed E-state index contributed by atoms with van der Waals surface area (Å²) in [5.41, 5.74) is 17.1. The zero-order valence-corrected chi connectivity index (χ0v) is 33.1. The molecule has 0 amide bonds. The molecule has 282 valence electrons. The molecule has 0 saturated carbocycles. The van der Waals surface area contributed by atoms with Crippen molar-refractivity contribution < 1.29 is 0 Å². The first-order chi connectivity index (χ1) is 29.8. The Morgan fingerprint density at radius 3 is 1.18 bits per heavy atom. The van der Waals surface area contributed by atoms with E-state index in [1.165, 1.54) is 93.8 Å². The lowest BCUT2D eigenvalue weighted by Gasteiger charge is -2.21. The summed E-state index contributed by atoms with van der Waals surface area (Å²) in [7, 11) is 0. The molecule has 0 spiro atoms. The van der Waals surface area contributed by atoms with Gasteiger partial charge in [-0.05, 0) is 90.7 Å². The lowest BCUT2D eigenvalue weighted by molar-refractivity contribution is 0.975. The molecule has 0 atom stereocenters. The smallest absolute Gasteiger partial charge is 0.0625 e. The van der Waals surface area contributed by atoms with Crippen molar-refractivity contribution in [1.29, 1.82) is 0 Å². The molecule has 0 bridgehead atoms. The van der Waals surface area contributed by atoms with E-state index in [2.05, 4.69) is 247 Å². The van der Waals surface area contributed by atoms with Crippen LogP contribution in [0, 0.1) is 0 Å². The molecule has 11 rings (SSSR count). The number of para-hydroxylation sites is 1. The maximum atomic E-state index is 2.49. The Bertz CT molecular complexity index is 3150. The van der Waals surface area contributed by atoms with E-state index < -0.39 is 0 Å². The summed E-state index contributed by atoms with van der Waals surface area (Å²) in [6, 6.07) is 88.7. The van der Waals surface area contributed by atoms with Crippen molar-refractivity contribution in [2.75, 3.05) is 0 Å². The van der Waals surface area contributed by atoms with Gasteiger partial charge in [-0.2, -0.15) is 0 Å². The van der Waals surface area contributed by atoms with Crippen LogP contribution < -0.4 is 0 Å². The minimum Gasteiger partial charge on any atom is -0.309 e. The second kappa shape index (κ2) is 15.2. The van der Waals surface area contributed by atoms with Gasteiger partial charge in [0.15, 0.2) is 0 Å². The molecule has 0 unspecified atom stereocenters. The molecule has 0 N–H and O–H groups in total. The summed E-state index contributed by atoms with van der Waals surface area (Å²) in [5, 5.41) is 4.99. The number of fused-ring (bicyclic) bond motifs is 4. The van der Waals surface area contributed by atoms with Gasteiger partial charge in [-0.15, -0.1) is 0 Å². The van der Waals surface area contributed by atoms with Gasteiger partial charge in [0.25, 0.3) is 0 Å². The van der Waals surface area contributed by atoms with E-state index in [0.29, 0.717) is 0 Å². The normalized spacial score (nSPS) is 11.5. The quantitative estimate of drug-likeness (QED) is 0.136. The molecule has 1 aromatic heterocycles. The van der Waals surface area contributed by atoms with Crippen molar-refractivity contribution in [2.24, 2.45) is 0 Å². The molecule has 0 aliphatic carbocycles. The average molecular weight is 764 g/mol. The molecule has 0 fully saturated rings. The first-order valence-electron chi connectivity index (χ1n) is 20.8. The highest BCUT2D eigenvalue weighted by Gasteiger charge is 2.22. The largest absolute Gasteiger partial charge is 0.309 e. The monoisotopic (exact) mass is 763 g/mol. The maximum Gasteiger partial charge on any atom is 0.0625 e. The molecule has 0 aliphatic rings. The van der Waals surface area contributed by atoms with Gasteiger partial charge >= 0.3 is 0 Å². The van der Waals surface area contributed by atoms with Crippen molar-refractivity contribution in [3.05, 3.63) is 259 Å². The predicted molar refractivity (Wildman–Crippen MR) is 254 cm³/mol. The van der Waals surface area contributed by atoms with Gasteiger partial charge in [0, 0.05) is 27.9 Å². The van der Waals surface area contributed by atoms with Crippen molar-refractivity contribution in [1.82, 2.24) is 4.57 Å². The van der Waals surface area contributed by atoms with Crippen LogP contribution in [0.5, 0.6) is 0 Å². The Hall–Kier alpha value is -7.74. The fourth-order valence-electron chi connectivity index (χ4n) is 9.20. The molecule has 60 heavy (non-hydrogen) atoms. The molecule has 0 saturated heterocycles. The second-order valence-corrected chi connectivity index (χ2v) is 15.7. The van der Waals surface area contributed by atoms with Crippen LogP contribution in [-0.2, 0) is 0 Å². The van der Waals surface area contributed by atoms with Gasteiger partial charge in [-0.25, -0.2) is 0 Å². The second-order valence-electron chi connectivity index (χ2n) is 15.7. The molecule has 0 radical (unpaired) electrons. The SMILES string of the molecule is c1ccc(-c2ccc(-c3c4ccccc4cc4c5ccccc5n(-c5ccc(C(c6ccc(-c7ccccc7)cc6)c6ccc(-c7ccccc7)cc6)cc5)c34)cc2)cc1. The van der Waals surface area contributed by atoms with Crippen LogP contribution in [0.25, 0.3) is 82.8 Å². The van der Waals surface area contributed by atoms with Crippen molar-refractivity contribution in [3.63, 3.8) is 0 Å². The predicted octanol–water partition coefficient (Wildman–Crippen LogP) is 15.8. The van der Waals surface area contributed by atoms with E-state index >= 15 is 0 Å². The van der Waals surface area contributed by atoms with Gasteiger partial charge in [0.2, 0.25) is 0 Å². The van der Waals surface area contributed by atoms with Crippen LogP contribution in [-0.4, -0.2) is 4.57 Å². The molecule has 1 heteroatoms. The Morgan fingerprint density at radius 1 is 0.283 bits per heavy atom. The standard InChI is InChI=1S/C59H41N/c1-4-14-41(15-5-1)44-24-30-47(31-25-44)57(48-32-26-45(27-33-48)42-16-6-2-7-17-42)49-36-38-52(39-37-49)60-56-23-13-12-22-54(56)55-40-51-20-10-11-21-53(51)58(59(55)60)50-34-28-46(29-35-50)43-18-8-3-9-19-43/h1-40,57H. The van der Waals surface area contributed by atoms with E-state index in [1.807, 2.05) is 0 Å².